The third-order valence-corrected chi connectivity index (χ3v) is 11.6. The van der Waals surface area contributed by atoms with Crippen molar-refractivity contribution in [1.29, 1.82) is 10.8 Å². The zero-order chi connectivity index (χ0) is 43.5. The van der Waals surface area contributed by atoms with Gasteiger partial charge in [-0.15, -0.1) is 0 Å². The Bertz CT molecular complexity index is 3220. The first-order valence-corrected chi connectivity index (χ1v) is 20.5. The average molecular weight is 857 g/mol. The lowest BCUT2D eigenvalue weighted by Crippen LogP contribution is -2.21. The summed E-state index contributed by atoms with van der Waals surface area (Å²) in [5, 5.41) is 53.9. The molecule has 0 saturated carbocycles. The third-order valence-electron chi connectivity index (χ3n) is 9.04. The van der Waals surface area contributed by atoms with Gasteiger partial charge in [-0.05, 0) is 120 Å². The van der Waals surface area contributed by atoms with Gasteiger partial charge in [-0.25, -0.2) is 9.59 Å². The molecule has 7 rings (SSSR count). The summed E-state index contributed by atoms with van der Waals surface area (Å²) in [6.45, 7) is 1.73. The summed E-state index contributed by atoms with van der Waals surface area (Å²) in [6, 6.07) is 27.5. The Hall–Kier alpha value is -8.46. The highest BCUT2D eigenvalue weighted by Gasteiger charge is 2.24. The molecule has 0 radical (unpaired) electrons. The molecule has 0 aliphatic carbocycles. The zero-order valence-corrected chi connectivity index (χ0v) is 32.9. The molecule has 4 amide bonds. The van der Waals surface area contributed by atoms with E-state index in [1.807, 2.05) is 0 Å². The molecule has 0 spiro atoms. The second kappa shape index (κ2) is 16.4. The third kappa shape index (κ3) is 8.71. The van der Waals surface area contributed by atoms with Crippen LogP contribution in [0.1, 0.15) is 5.56 Å². The van der Waals surface area contributed by atoms with Gasteiger partial charge >= 0.3 is 43.7 Å². The number of aryl methyl sites for hydroxylation is 1. The van der Waals surface area contributed by atoms with E-state index < -0.39 is 43.8 Å². The van der Waals surface area contributed by atoms with Gasteiger partial charge in [0.05, 0.1) is 0 Å². The standard InChI is InChI=1S/C41H28N8O10S2/c1-23-8-9-26(46-40(52)44-24-10-14-27(15-11-24)58-60(54,55)36-6-2-4-31-29(36)18-20-33(48-42)38(31)50)22-35(23)47-41(53)45-25-12-16-28(17-13-25)59-61(56,57)37-7-3-5-32-30(37)19-21-34(49-43)39(32)51/h2-22H,1H3,(H4-2,44,45,46,47,50,51,52,53). The number of anilines is 4. The molecular weight excluding hydrogens is 829 g/mol. The highest BCUT2D eigenvalue weighted by molar-refractivity contribution is 7.87. The molecule has 0 atom stereocenters. The lowest BCUT2D eigenvalue weighted by molar-refractivity contribution is -0.265. The van der Waals surface area contributed by atoms with Gasteiger partial charge in [0.2, 0.25) is 10.8 Å². The number of hydrogen-bond donors (Lipinski definition) is 4. The van der Waals surface area contributed by atoms with Gasteiger partial charge in [0.15, 0.2) is 9.95 Å². The van der Waals surface area contributed by atoms with Crippen molar-refractivity contribution < 1.29 is 45.0 Å². The molecule has 0 aliphatic heterocycles. The van der Waals surface area contributed by atoms with Crippen molar-refractivity contribution in [1.82, 2.24) is 0 Å². The highest BCUT2D eigenvalue weighted by Crippen LogP contribution is 2.37. The van der Waals surface area contributed by atoms with Crippen molar-refractivity contribution in [3.8, 4) is 23.0 Å². The number of hydrogen-bond acceptors (Lipinski definition) is 12. The number of nitrogens with one attached hydrogen (secondary N) is 4. The summed E-state index contributed by atoms with van der Waals surface area (Å²) in [5.74, 6) is -1.46. The minimum absolute atomic E-state index is 0.0247. The zero-order valence-electron chi connectivity index (χ0n) is 31.3. The monoisotopic (exact) mass is 856 g/mol. The molecule has 0 bridgehead atoms. The minimum atomic E-state index is -4.42. The number of fused-ring (bicyclic) bond motifs is 2. The van der Waals surface area contributed by atoms with Crippen LogP contribution in [0.5, 0.6) is 23.0 Å². The van der Waals surface area contributed by atoms with Gasteiger partial charge in [-0.2, -0.15) is 16.8 Å². The Morgan fingerprint density at radius 1 is 0.525 bits per heavy atom. The molecule has 0 aromatic heterocycles. The van der Waals surface area contributed by atoms with E-state index in [4.69, 9.17) is 19.2 Å². The van der Waals surface area contributed by atoms with E-state index in [0.717, 1.165) is 0 Å². The number of benzene rings is 7. The molecular formula is C41H28N8O10S2. The molecule has 0 heterocycles. The first kappa shape index (κ1) is 40.7. The predicted molar refractivity (Wildman–Crippen MR) is 221 cm³/mol. The minimum Gasteiger partial charge on any atom is -0.867 e. The molecule has 304 valence electrons. The molecule has 61 heavy (non-hydrogen) atoms. The van der Waals surface area contributed by atoms with E-state index in [1.165, 1.54) is 115 Å². The van der Waals surface area contributed by atoms with E-state index in [-0.39, 0.29) is 65.6 Å². The van der Waals surface area contributed by atoms with Gasteiger partial charge in [0.1, 0.15) is 21.3 Å². The second-order valence-corrected chi connectivity index (χ2v) is 16.1. The van der Waals surface area contributed by atoms with Crippen LogP contribution in [0.2, 0.25) is 0 Å². The van der Waals surface area contributed by atoms with Gasteiger partial charge in [0, 0.05) is 45.7 Å². The summed E-state index contributed by atoms with van der Waals surface area (Å²) in [4.78, 5) is 31.1. The Morgan fingerprint density at radius 3 is 1.38 bits per heavy atom. The van der Waals surface area contributed by atoms with Crippen molar-refractivity contribution >= 4 is 88.0 Å². The predicted octanol–water partition coefficient (Wildman–Crippen LogP) is 8.24. The Morgan fingerprint density at radius 2 is 0.934 bits per heavy atom. The molecule has 7 aromatic rings. The number of amides is 4. The molecule has 20 heteroatoms. The first-order valence-electron chi connectivity index (χ1n) is 17.7. The SMILES string of the molecule is Cc1ccc(NC(=O)Nc2ccc(OS(=O)(=O)c3cccc4c([O-])c([N+]#N)ccc34)cc2)cc1NC(=O)Nc1ccc(OS(=O)(=O)c2cccc3c([O-])c([N+]#N)ccc23)cc1. The lowest BCUT2D eigenvalue weighted by atomic mass is 10.1. The number of diazo groups is 2. The maximum atomic E-state index is 13.2. The van der Waals surface area contributed by atoms with Gasteiger partial charge in [0.25, 0.3) is 0 Å². The molecule has 0 unspecified atom stereocenters. The number of carbonyl (C=O) groups is 2. The normalized spacial score (nSPS) is 11.2. The lowest BCUT2D eigenvalue weighted by Gasteiger charge is -2.14. The van der Waals surface area contributed by atoms with Crippen molar-refractivity contribution in [2.75, 3.05) is 21.3 Å². The van der Waals surface area contributed by atoms with Crippen LogP contribution in [-0.2, 0) is 20.2 Å². The topological polar surface area (TPSA) is 271 Å². The van der Waals surface area contributed by atoms with Crippen LogP contribution in [0.3, 0.4) is 0 Å². The maximum absolute atomic E-state index is 13.2. The molecule has 0 aliphatic rings. The van der Waals surface area contributed by atoms with Crippen LogP contribution in [-0.4, -0.2) is 28.9 Å². The van der Waals surface area contributed by atoms with Crippen LogP contribution in [0, 0.1) is 17.7 Å². The van der Waals surface area contributed by atoms with Crippen LogP contribution in [0.4, 0.5) is 43.7 Å². The van der Waals surface area contributed by atoms with E-state index in [1.54, 1.807) is 19.1 Å². The van der Waals surface area contributed by atoms with E-state index >= 15 is 0 Å². The van der Waals surface area contributed by atoms with E-state index in [2.05, 4.69) is 31.2 Å². The van der Waals surface area contributed by atoms with Crippen LogP contribution in [0.25, 0.3) is 31.5 Å². The summed E-state index contributed by atoms with van der Waals surface area (Å²) in [5.41, 5.74) is 1.39. The molecule has 4 N–H and O–H groups in total. The Labute approximate surface area is 346 Å². The number of rotatable bonds is 10. The van der Waals surface area contributed by atoms with Crippen molar-refractivity contribution in [2.45, 2.75) is 16.7 Å². The van der Waals surface area contributed by atoms with E-state index in [0.29, 0.717) is 16.9 Å². The largest absolute Gasteiger partial charge is 0.867 e. The van der Waals surface area contributed by atoms with Gasteiger partial charge in [-0.3, -0.25) is 0 Å². The van der Waals surface area contributed by atoms with Crippen molar-refractivity contribution in [3.05, 3.63) is 143 Å². The van der Waals surface area contributed by atoms with Gasteiger partial charge in [-0.1, -0.05) is 30.3 Å². The van der Waals surface area contributed by atoms with E-state index in [9.17, 15) is 36.6 Å². The quantitative estimate of drug-likeness (QED) is 0.0748. The van der Waals surface area contributed by atoms with Crippen molar-refractivity contribution in [2.24, 2.45) is 0 Å². The molecule has 0 fully saturated rings. The molecule has 18 nitrogen and oxygen atoms in total. The smallest absolute Gasteiger partial charge is 0.378 e. The summed E-state index contributed by atoms with van der Waals surface area (Å²) in [6.07, 6.45) is 0. The highest BCUT2D eigenvalue weighted by atomic mass is 32.2. The maximum Gasteiger partial charge on any atom is 0.378 e. The van der Waals surface area contributed by atoms with Gasteiger partial charge < -0.3 is 39.8 Å². The fourth-order valence-corrected chi connectivity index (χ4v) is 8.41. The fourth-order valence-electron chi connectivity index (χ4n) is 6.12. The summed E-state index contributed by atoms with van der Waals surface area (Å²) in [7, 11) is -8.84. The number of carbonyl (C=O) groups excluding carboxylic acids is 2. The number of nitrogens with zero attached hydrogens (tertiary/aromatic N) is 4. The average Bonchev–Trinajstić information content (AvgIpc) is 3.23. The van der Waals surface area contributed by atoms with Crippen molar-refractivity contribution in [3.63, 3.8) is 0 Å². The molecule has 0 saturated heterocycles. The van der Waals surface area contributed by atoms with Crippen LogP contribution in [0.15, 0.2) is 137 Å². The first-order chi connectivity index (χ1) is 29.1. The Kier molecular flexibility index (Phi) is 11.0. The van der Waals surface area contributed by atoms with Crippen LogP contribution < -0.4 is 39.8 Å². The summed E-state index contributed by atoms with van der Waals surface area (Å²) < 4.78 is 63.2. The summed E-state index contributed by atoms with van der Waals surface area (Å²) >= 11 is 0. The number of urea groups is 2. The molecule has 7 aromatic carbocycles. The fraction of sp³-hybridized carbons (Fsp3) is 0.0244. The Balaban J connectivity index is 0.940. The second-order valence-electron chi connectivity index (χ2n) is 13.0. The van der Waals surface area contributed by atoms with Crippen LogP contribution >= 0.6 is 0 Å².